The number of aryl methyl sites for hydroxylation is 2. The van der Waals surface area contributed by atoms with Gasteiger partial charge in [-0.3, -0.25) is 0 Å². The highest BCUT2D eigenvalue weighted by atomic mass is 16.6. The Labute approximate surface area is 125 Å². The molecule has 1 aromatic carbocycles. The number of alkyl carbamates (subject to hydrolysis) is 1. The molecule has 2 N–H and O–H groups in total. The molecule has 5 nitrogen and oxygen atoms in total. The molecule has 1 atom stereocenters. The number of benzene rings is 1. The van der Waals surface area contributed by atoms with Gasteiger partial charge in [0.2, 0.25) is 0 Å². The SMILES string of the molecule is Cc1cccc(C)c1C[C@@H](NC(=O)OC(C)(C)C)C(=O)O. The number of ether oxygens (including phenoxy) is 1. The smallest absolute Gasteiger partial charge is 0.408 e. The Morgan fingerprint density at radius 1 is 1.24 bits per heavy atom. The van der Waals surface area contributed by atoms with Gasteiger partial charge in [-0.25, -0.2) is 9.59 Å². The standard InChI is InChI=1S/C16H23NO4/c1-10-7-6-8-11(2)12(10)9-13(14(18)19)17-15(20)21-16(3,4)5/h6-8,13H,9H2,1-5H3,(H,17,20)(H,18,19)/t13-/m1/s1. The number of carbonyl (C=O) groups is 2. The Kier molecular flexibility index (Phi) is 5.35. The molecule has 0 spiro atoms. The highest BCUT2D eigenvalue weighted by Crippen LogP contribution is 2.16. The topological polar surface area (TPSA) is 75.6 Å². The van der Waals surface area contributed by atoms with E-state index >= 15 is 0 Å². The summed E-state index contributed by atoms with van der Waals surface area (Å²) in [5.41, 5.74) is 2.28. The summed E-state index contributed by atoms with van der Waals surface area (Å²) in [5, 5.41) is 11.7. The van der Waals surface area contributed by atoms with Crippen molar-refractivity contribution in [3.8, 4) is 0 Å². The number of aliphatic carboxylic acids is 1. The van der Waals surface area contributed by atoms with Crippen LogP contribution in [0.3, 0.4) is 0 Å². The molecule has 1 aromatic rings. The summed E-state index contributed by atoms with van der Waals surface area (Å²) in [4.78, 5) is 23.1. The maximum Gasteiger partial charge on any atom is 0.408 e. The predicted molar refractivity (Wildman–Crippen MR) is 80.4 cm³/mol. The predicted octanol–water partition coefficient (Wildman–Crippen LogP) is 2.82. The van der Waals surface area contributed by atoms with Gasteiger partial charge in [-0.15, -0.1) is 0 Å². The molecule has 0 unspecified atom stereocenters. The second-order valence-corrected chi connectivity index (χ2v) is 6.11. The zero-order chi connectivity index (χ0) is 16.2. The number of carboxylic acids is 1. The molecule has 0 aliphatic heterocycles. The van der Waals surface area contributed by atoms with E-state index in [4.69, 9.17) is 4.74 Å². The van der Waals surface area contributed by atoms with Gasteiger partial charge < -0.3 is 15.2 Å². The number of carboxylic acid groups (broad SMARTS) is 1. The normalized spacial score (nSPS) is 12.6. The second-order valence-electron chi connectivity index (χ2n) is 6.11. The van der Waals surface area contributed by atoms with Crippen LogP contribution in [0, 0.1) is 13.8 Å². The fourth-order valence-corrected chi connectivity index (χ4v) is 2.02. The van der Waals surface area contributed by atoms with Crippen LogP contribution in [0.5, 0.6) is 0 Å². The maximum absolute atomic E-state index is 11.7. The molecule has 116 valence electrons. The molecule has 0 radical (unpaired) electrons. The van der Waals surface area contributed by atoms with Gasteiger partial charge in [0, 0.05) is 6.42 Å². The van der Waals surface area contributed by atoms with E-state index in [1.165, 1.54) is 0 Å². The van der Waals surface area contributed by atoms with Crippen molar-refractivity contribution in [2.75, 3.05) is 0 Å². The lowest BCUT2D eigenvalue weighted by Crippen LogP contribution is -2.44. The van der Waals surface area contributed by atoms with Crippen molar-refractivity contribution in [2.24, 2.45) is 0 Å². The molecule has 1 rings (SSSR count). The van der Waals surface area contributed by atoms with E-state index in [-0.39, 0.29) is 6.42 Å². The third-order valence-electron chi connectivity index (χ3n) is 3.04. The van der Waals surface area contributed by atoms with Crippen LogP contribution in [0.15, 0.2) is 18.2 Å². The lowest BCUT2D eigenvalue weighted by Gasteiger charge is -2.22. The average molecular weight is 293 g/mol. The largest absolute Gasteiger partial charge is 0.480 e. The molecule has 0 heterocycles. The molecule has 0 saturated carbocycles. The van der Waals surface area contributed by atoms with Gasteiger partial charge in [0.15, 0.2) is 0 Å². The Morgan fingerprint density at radius 3 is 2.19 bits per heavy atom. The number of carbonyl (C=O) groups excluding carboxylic acids is 1. The average Bonchev–Trinajstić information content (AvgIpc) is 2.29. The van der Waals surface area contributed by atoms with Gasteiger partial charge in [0.25, 0.3) is 0 Å². The summed E-state index contributed by atoms with van der Waals surface area (Å²) in [6, 6.07) is 4.76. The molecule has 0 aliphatic carbocycles. The third kappa shape index (κ3) is 5.45. The molecule has 0 saturated heterocycles. The van der Waals surface area contributed by atoms with Crippen molar-refractivity contribution in [3.05, 3.63) is 34.9 Å². The zero-order valence-electron chi connectivity index (χ0n) is 13.2. The van der Waals surface area contributed by atoms with Crippen molar-refractivity contribution >= 4 is 12.1 Å². The Balaban J connectivity index is 2.84. The van der Waals surface area contributed by atoms with Crippen molar-refractivity contribution in [1.82, 2.24) is 5.32 Å². The van der Waals surface area contributed by atoms with Gasteiger partial charge in [0.05, 0.1) is 0 Å². The third-order valence-corrected chi connectivity index (χ3v) is 3.04. The van der Waals surface area contributed by atoms with Crippen LogP contribution >= 0.6 is 0 Å². The molecular weight excluding hydrogens is 270 g/mol. The van der Waals surface area contributed by atoms with Crippen LogP contribution in [-0.2, 0) is 16.0 Å². The fraction of sp³-hybridized carbons (Fsp3) is 0.500. The van der Waals surface area contributed by atoms with Crippen LogP contribution in [0.1, 0.15) is 37.5 Å². The molecule has 1 amide bonds. The van der Waals surface area contributed by atoms with E-state index in [2.05, 4.69) is 5.32 Å². The van der Waals surface area contributed by atoms with E-state index in [0.29, 0.717) is 0 Å². The first kappa shape index (κ1) is 17.0. The van der Waals surface area contributed by atoms with Gasteiger partial charge >= 0.3 is 12.1 Å². The van der Waals surface area contributed by atoms with Gasteiger partial charge in [-0.2, -0.15) is 0 Å². The first-order valence-corrected chi connectivity index (χ1v) is 6.87. The van der Waals surface area contributed by atoms with Crippen molar-refractivity contribution in [3.63, 3.8) is 0 Å². The number of nitrogens with one attached hydrogen (secondary N) is 1. The number of hydrogen-bond donors (Lipinski definition) is 2. The van der Waals surface area contributed by atoms with E-state index in [1.807, 2.05) is 32.0 Å². The van der Waals surface area contributed by atoms with Crippen LogP contribution < -0.4 is 5.32 Å². The van der Waals surface area contributed by atoms with Crippen LogP contribution in [0.25, 0.3) is 0 Å². The summed E-state index contributed by atoms with van der Waals surface area (Å²) in [7, 11) is 0. The minimum atomic E-state index is -1.08. The van der Waals surface area contributed by atoms with Crippen molar-refractivity contribution in [1.29, 1.82) is 0 Å². The van der Waals surface area contributed by atoms with Gasteiger partial charge in [-0.05, 0) is 51.3 Å². The molecule has 0 fully saturated rings. The summed E-state index contributed by atoms with van der Waals surface area (Å²) < 4.78 is 5.10. The second kappa shape index (κ2) is 6.61. The Morgan fingerprint density at radius 2 is 1.76 bits per heavy atom. The number of hydrogen-bond acceptors (Lipinski definition) is 3. The van der Waals surface area contributed by atoms with E-state index in [1.54, 1.807) is 20.8 Å². The Bertz CT molecular complexity index is 511. The van der Waals surface area contributed by atoms with Gasteiger partial charge in [-0.1, -0.05) is 18.2 Å². The lowest BCUT2D eigenvalue weighted by atomic mass is 9.96. The quantitative estimate of drug-likeness (QED) is 0.895. The Hall–Kier alpha value is -2.04. The first-order chi connectivity index (χ1) is 9.60. The highest BCUT2D eigenvalue weighted by molar-refractivity contribution is 5.80. The van der Waals surface area contributed by atoms with Crippen molar-refractivity contribution < 1.29 is 19.4 Å². The van der Waals surface area contributed by atoms with E-state index in [9.17, 15) is 14.7 Å². The van der Waals surface area contributed by atoms with Gasteiger partial charge in [0.1, 0.15) is 11.6 Å². The summed E-state index contributed by atoms with van der Waals surface area (Å²) in [5.74, 6) is -1.08. The number of amides is 1. The lowest BCUT2D eigenvalue weighted by molar-refractivity contribution is -0.139. The first-order valence-electron chi connectivity index (χ1n) is 6.87. The number of rotatable bonds is 4. The van der Waals surface area contributed by atoms with Crippen LogP contribution in [0.4, 0.5) is 4.79 Å². The molecule has 0 aromatic heterocycles. The van der Waals surface area contributed by atoms with E-state index < -0.39 is 23.7 Å². The molecule has 5 heteroatoms. The fourth-order valence-electron chi connectivity index (χ4n) is 2.02. The van der Waals surface area contributed by atoms with Crippen LogP contribution in [-0.4, -0.2) is 28.8 Å². The molecule has 0 aliphatic rings. The summed E-state index contributed by atoms with van der Waals surface area (Å²) >= 11 is 0. The highest BCUT2D eigenvalue weighted by Gasteiger charge is 2.25. The molecule has 21 heavy (non-hydrogen) atoms. The minimum absolute atomic E-state index is 0.229. The summed E-state index contributed by atoms with van der Waals surface area (Å²) in [6.45, 7) is 9.04. The maximum atomic E-state index is 11.7. The monoisotopic (exact) mass is 293 g/mol. The van der Waals surface area contributed by atoms with Crippen LogP contribution in [0.2, 0.25) is 0 Å². The zero-order valence-corrected chi connectivity index (χ0v) is 13.2. The molecule has 0 bridgehead atoms. The molecular formula is C16H23NO4. The minimum Gasteiger partial charge on any atom is -0.480 e. The van der Waals surface area contributed by atoms with E-state index in [0.717, 1.165) is 16.7 Å². The van der Waals surface area contributed by atoms with Crippen molar-refractivity contribution in [2.45, 2.75) is 52.7 Å². The summed E-state index contributed by atoms with van der Waals surface area (Å²) in [6.07, 6.45) is -0.492.